The van der Waals surface area contributed by atoms with Gasteiger partial charge in [-0.2, -0.15) is 0 Å². The lowest BCUT2D eigenvalue weighted by Gasteiger charge is -2.09. The Morgan fingerprint density at radius 2 is 1.56 bits per heavy atom. The zero-order valence-corrected chi connectivity index (χ0v) is 14.7. The SMILES string of the molecule is Cc1ccccc1CNC(=O)c1cccc(C(=O)Nc2ccc(F)cc2)n1. The maximum atomic E-state index is 12.9. The third-order valence-electron chi connectivity index (χ3n) is 4.02. The van der Waals surface area contributed by atoms with Crippen LogP contribution in [0.5, 0.6) is 0 Å². The molecule has 2 N–H and O–H groups in total. The van der Waals surface area contributed by atoms with Crippen molar-refractivity contribution in [2.24, 2.45) is 0 Å². The number of nitrogens with one attached hydrogen (secondary N) is 2. The number of benzene rings is 2. The van der Waals surface area contributed by atoms with E-state index in [9.17, 15) is 14.0 Å². The number of aryl methyl sites for hydroxylation is 1. The van der Waals surface area contributed by atoms with Crippen LogP contribution in [0.2, 0.25) is 0 Å². The standard InChI is InChI=1S/C21H18FN3O2/c1-14-5-2-3-6-15(14)13-23-20(26)18-7-4-8-19(25-18)21(27)24-17-11-9-16(22)10-12-17/h2-12H,13H2,1H3,(H,23,26)(H,24,27). The number of pyridine rings is 1. The van der Waals surface area contributed by atoms with E-state index in [0.717, 1.165) is 11.1 Å². The van der Waals surface area contributed by atoms with Crippen molar-refractivity contribution < 1.29 is 14.0 Å². The fourth-order valence-corrected chi connectivity index (χ4v) is 2.49. The molecule has 0 aliphatic rings. The molecule has 1 heterocycles. The lowest BCUT2D eigenvalue weighted by atomic mass is 10.1. The van der Waals surface area contributed by atoms with Gasteiger partial charge in [-0.25, -0.2) is 9.37 Å². The Kier molecular flexibility index (Phi) is 5.56. The van der Waals surface area contributed by atoms with Gasteiger partial charge < -0.3 is 10.6 Å². The molecule has 136 valence electrons. The lowest BCUT2D eigenvalue weighted by molar-refractivity contribution is 0.0945. The number of carbonyl (C=O) groups is 2. The minimum Gasteiger partial charge on any atom is -0.347 e. The summed E-state index contributed by atoms with van der Waals surface area (Å²) in [7, 11) is 0. The van der Waals surface area contributed by atoms with Gasteiger partial charge in [0, 0.05) is 12.2 Å². The molecular formula is C21H18FN3O2. The molecular weight excluding hydrogens is 345 g/mol. The van der Waals surface area contributed by atoms with Crippen molar-refractivity contribution in [3.05, 3.63) is 95.1 Å². The minimum atomic E-state index is -0.477. The largest absolute Gasteiger partial charge is 0.347 e. The third-order valence-corrected chi connectivity index (χ3v) is 4.02. The van der Waals surface area contributed by atoms with Crippen LogP contribution < -0.4 is 10.6 Å². The van der Waals surface area contributed by atoms with E-state index < -0.39 is 11.7 Å². The number of hydrogen-bond acceptors (Lipinski definition) is 3. The zero-order valence-electron chi connectivity index (χ0n) is 14.7. The van der Waals surface area contributed by atoms with E-state index in [1.54, 1.807) is 12.1 Å². The van der Waals surface area contributed by atoms with Crippen molar-refractivity contribution in [2.45, 2.75) is 13.5 Å². The molecule has 0 atom stereocenters. The van der Waals surface area contributed by atoms with Crippen LogP contribution in [-0.2, 0) is 6.54 Å². The number of nitrogens with zero attached hydrogens (tertiary/aromatic N) is 1. The monoisotopic (exact) mass is 363 g/mol. The highest BCUT2D eigenvalue weighted by molar-refractivity contribution is 6.03. The van der Waals surface area contributed by atoms with Gasteiger partial charge in [-0.1, -0.05) is 30.3 Å². The highest BCUT2D eigenvalue weighted by Crippen LogP contribution is 2.11. The topological polar surface area (TPSA) is 71.1 Å². The Morgan fingerprint density at radius 1 is 0.889 bits per heavy atom. The second-order valence-electron chi connectivity index (χ2n) is 5.98. The van der Waals surface area contributed by atoms with Gasteiger partial charge in [0.15, 0.2) is 0 Å². The van der Waals surface area contributed by atoms with E-state index in [2.05, 4.69) is 15.6 Å². The van der Waals surface area contributed by atoms with E-state index in [0.29, 0.717) is 12.2 Å². The highest BCUT2D eigenvalue weighted by atomic mass is 19.1. The highest BCUT2D eigenvalue weighted by Gasteiger charge is 2.13. The Hall–Kier alpha value is -3.54. The molecule has 0 saturated heterocycles. The van der Waals surface area contributed by atoms with Crippen molar-refractivity contribution in [3.8, 4) is 0 Å². The van der Waals surface area contributed by atoms with Crippen LogP contribution >= 0.6 is 0 Å². The summed E-state index contributed by atoms with van der Waals surface area (Å²) in [6, 6.07) is 17.8. The molecule has 0 saturated carbocycles. The Balaban J connectivity index is 1.67. The molecule has 27 heavy (non-hydrogen) atoms. The van der Waals surface area contributed by atoms with Gasteiger partial charge in [0.2, 0.25) is 0 Å². The summed E-state index contributed by atoms with van der Waals surface area (Å²) in [5.74, 6) is -1.23. The molecule has 6 heteroatoms. The molecule has 0 aliphatic heterocycles. The van der Waals surface area contributed by atoms with Crippen LogP contribution in [0.3, 0.4) is 0 Å². The smallest absolute Gasteiger partial charge is 0.274 e. The Labute approximate surface area is 156 Å². The number of halogens is 1. The first-order valence-corrected chi connectivity index (χ1v) is 8.39. The van der Waals surface area contributed by atoms with Gasteiger partial charge in [0.25, 0.3) is 11.8 Å². The second kappa shape index (κ2) is 8.23. The van der Waals surface area contributed by atoms with Crippen LogP contribution in [0.25, 0.3) is 0 Å². The van der Waals surface area contributed by atoms with Crippen molar-refractivity contribution in [3.63, 3.8) is 0 Å². The first-order chi connectivity index (χ1) is 13.0. The quantitative estimate of drug-likeness (QED) is 0.726. The number of rotatable bonds is 5. The normalized spacial score (nSPS) is 10.3. The molecule has 2 amide bonds. The maximum absolute atomic E-state index is 12.9. The van der Waals surface area contributed by atoms with E-state index >= 15 is 0 Å². The molecule has 5 nitrogen and oxygen atoms in total. The van der Waals surface area contributed by atoms with Crippen molar-refractivity contribution in [2.75, 3.05) is 5.32 Å². The van der Waals surface area contributed by atoms with Crippen molar-refractivity contribution >= 4 is 17.5 Å². The summed E-state index contributed by atoms with van der Waals surface area (Å²) >= 11 is 0. The van der Waals surface area contributed by atoms with Gasteiger partial charge in [-0.15, -0.1) is 0 Å². The summed E-state index contributed by atoms with van der Waals surface area (Å²) in [6.45, 7) is 2.35. The average molecular weight is 363 g/mol. The number of anilines is 1. The second-order valence-corrected chi connectivity index (χ2v) is 5.98. The van der Waals surface area contributed by atoms with Crippen molar-refractivity contribution in [1.29, 1.82) is 0 Å². The predicted molar refractivity (Wildman–Crippen MR) is 101 cm³/mol. The number of hydrogen-bond donors (Lipinski definition) is 2. The van der Waals surface area contributed by atoms with E-state index in [4.69, 9.17) is 0 Å². The maximum Gasteiger partial charge on any atom is 0.274 e. The van der Waals surface area contributed by atoms with Crippen LogP contribution in [0.1, 0.15) is 32.1 Å². The summed E-state index contributed by atoms with van der Waals surface area (Å²) < 4.78 is 12.9. The minimum absolute atomic E-state index is 0.0999. The van der Waals surface area contributed by atoms with E-state index in [-0.39, 0.29) is 17.3 Å². The summed E-state index contributed by atoms with van der Waals surface area (Å²) in [4.78, 5) is 28.8. The van der Waals surface area contributed by atoms with E-state index in [1.165, 1.54) is 30.3 Å². The van der Waals surface area contributed by atoms with Gasteiger partial charge in [-0.3, -0.25) is 9.59 Å². The number of amides is 2. The Morgan fingerprint density at radius 3 is 2.26 bits per heavy atom. The van der Waals surface area contributed by atoms with Gasteiger partial charge in [0.1, 0.15) is 17.2 Å². The molecule has 0 unspecified atom stereocenters. The molecule has 0 bridgehead atoms. The molecule has 0 spiro atoms. The third kappa shape index (κ3) is 4.76. The number of carbonyl (C=O) groups excluding carboxylic acids is 2. The van der Waals surface area contributed by atoms with Gasteiger partial charge >= 0.3 is 0 Å². The van der Waals surface area contributed by atoms with Crippen molar-refractivity contribution in [1.82, 2.24) is 10.3 Å². The first-order valence-electron chi connectivity index (χ1n) is 8.39. The van der Waals surface area contributed by atoms with E-state index in [1.807, 2.05) is 31.2 Å². The summed E-state index contributed by atoms with van der Waals surface area (Å²) in [6.07, 6.45) is 0. The lowest BCUT2D eigenvalue weighted by Crippen LogP contribution is -2.25. The van der Waals surface area contributed by atoms with Crippen LogP contribution in [0.15, 0.2) is 66.7 Å². The predicted octanol–water partition coefficient (Wildman–Crippen LogP) is 3.71. The molecule has 0 aliphatic carbocycles. The fourth-order valence-electron chi connectivity index (χ4n) is 2.49. The molecule has 1 aromatic heterocycles. The first kappa shape index (κ1) is 18.3. The number of aromatic nitrogens is 1. The zero-order chi connectivity index (χ0) is 19.2. The van der Waals surface area contributed by atoms with Gasteiger partial charge in [-0.05, 0) is 54.4 Å². The summed E-state index contributed by atoms with van der Waals surface area (Å²) in [5.41, 5.74) is 2.78. The average Bonchev–Trinajstić information content (AvgIpc) is 2.69. The Bertz CT molecular complexity index is 971. The van der Waals surface area contributed by atoms with Crippen LogP contribution in [0.4, 0.5) is 10.1 Å². The molecule has 0 radical (unpaired) electrons. The van der Waals surface area contributed by atoms with Crippen LogP contribution in [0, 0.1) is 12.7 Å². The van der Waals surface area contributed by atoms with Gasteiger partial charge in [0.05, 0.1) is 0 Å². The molecule has 3 aromatic rings. The molecule has 3 rings (SSSR count). The summed E-state index contributed by atoms with van der Waals surface area (Å²) in [5, 5.41) is 5.42. The van der Waals surface area contributed by atoms with Crippen LogP contribution in [-0.4, -0.2) is 16.8 Å². The fraction of sp³-hybridized carbons (Fsp3) is 0.0952. The molecule has 2 aromatic carbocycles. The molecule has 0 fully saturated rings.